The van der Waals surface area contributed by atoms with Crippen molar-refractivity contribution in [1.82, 2.24) is 0 Å². The summed E-state index contributed by atoms with van der Waals surface area (Å²) in [5, 5.41) is 0. The highest BCUT2D eigenvalue weighted by molar-refractivity contribution is 5.04. The van der Waals surface area contributed by atoms with E-state index >= 15 is 0 Å². The molecular weight excluding hydrogens is 124 g/mol. The van der Waals surface area contributed by atoms with Crippen LogP contribution in [0, 0.1) is 5.92 Å². The molecule has 0 amide bonds. The quantitative estimate of drug-likeness (QED) is 0.534. The Morgan fingerprint density at radius 3 is 2.30 bits per heavy atom. The lowest BCUT2D eigenvalue weighted by atomic mass is 10.0. The van der Waals surface area contributed by atoms with Crippen molar-refractivity contribution in [1.29, 1.82) is 0 Å². The van der Waals surface area contributed by atoms with Gasteiger partial charge in [0.2, 0.25) is 0 Å². The SMILES string of the molecule is CC.NCC1CC=CC1N. The molecule has 1 aliphatic carbocycles. The highest BCUT2D eigenvalue weighted by Crippen LogP contribution is 2.14. The van der Waals surface area contributed by atoms with Gasteiger partial charge in [0.25, 0.3) is 0 Å². The summed E-state index contributed by atoms with van der Waals surface area (Å²) in [6, 6.07) is 0.222. The third kappa shape index (κ3) is 2.50. The Balaban J connectivity index is 0.000000371. The normalized spacial score (nSPS) is 29.6. The largest absolute Gasteiger partial charge is 0.330 e. The molecule has 0 aromatic heterocycles. The number of allylic oxidation sites excluding steroid dienone is 1. The van der Waals surface area contributed by atoms with Crippen molar-refractivity contribution in [2.45, 2.75) is 26.3 Å². The molecule has 4 N–H and O–H groups in total. The average molecular weight is 142 g/mol. The first-order valence-electron chi connectivity index (χ1n) is 3.97. The van der Waals surface area contributed by atoms with Crippen LogP contribution in [0.15, 0.2) is 12.2 Å². The topological polar surface area (TPSA) is 52.0 Å². The molecule has 2 unspecified atom stereocenters. The van der Waals surface area contributed by atoms with Crippen molar-refractivity contribution in [2.24, 2.45) is 17.4 Å². The van der Waals surface area contributed by atoms with Crippen LogP contribution >= 0.6 is 0 Å². The van der Waals surface area contributed by atoms with Crippen molar-refractivity contribution >= 4 is 0 Å². The van der Waals surface area contributed by atoms with Crippen molar-refractivity contribution in [3.05, 3.63) is 12.2 Å². The Labute approximate surface area is 63.3 Å². The van der Waals surface area contributed by atoms with Gasteiger partial charge in [-0.2, -0.15) is 0 Å². The van der Waals surface area contributed by atoms with Gasteiger partial charge in [-0.25, -0.2) is 0 Å². The van der Waals surface area contributed by atoms with Crippen LogP contribution in [0.2, 0.25) is 0 Å². The van der Waals surface area contributed by atoms with E-state index in [1.54, 1.807) is 0 Å². The van der Waals surface area contributed by atoms with Gasteiger partial charge in [0.05, 0.1) is 0 Å². The van der Waals surface area contributed by atoms with Crippen molar-refractivity contribution in [3.63, 3.8) is 0 Å². The molecule has 0 saturated heterocycles. The van der Waals surface area contributed by atoms with Crippen molar-refractivity contribution < 1.29 is 0 Å². The lowest BCUT2D eigenvalue weighted by molar-refractivity contribution is 0.518. The second-order valence-electron chi connectivity index (χ2n) is 2.24. The lowest BCUT2D eigenvalue weighted by Crippen LogP contribution is -2.29. The summed E-state index contributed by atoms with van der Waals surface area (Å²) in [5.74, 6) is 0.509. The molecule has 0 aliphatic heterocycles. The smallest absolute Gasteiger partial charge is 0.0267 e. The molecule has 0 bridgehead atoms. The second kappa shape index (κ2) is 5.45. The Kier molecular flexibility index (Phi) is 5.26. The predicted octanol–water partition coefficient (Wildman–Crippen LogP) is 0.875. The molecule has 0 radical (unpaired) electrons. The van der Waals surface area contributed by atoms with E-state index in [0.717, 1.165) is 6.42 Å². The molecule has 1 aliphatic rings. The van der Waals surface area contributed by atoms with E-state index in [9.17, 15) is 0 Å². The van der Waals surface area contributed by atoms with Gasteiger partial charge in [-0.3, -0.25) is 0 Å². The standard InChI is InChI=1S/C6H12N2.C2H6/c7-4-5-2-1-3-6(5)8;1-2/h1,3,5-6H,2,4,7-8H2;1-2H3. The van der Waals surface area contributed by atoms with Crippen LogP contribution < -0.4 is 11.5 Å². The van der Waals surface area contributed by atoms with Crippen LogP contribution in [0.3, 0.4) is 0 Å². The fourth-order valence-corrected chi connectivity index (χ4v) is 0.978. The van der Waals surface area contributed by atoms with Gasteiger partial charge >= 0.3 is 0 Å². The molecule has 2 atom stereocenters. The van der Waals surface area contributed by atoms with Gasteiger partial charge in [0.1, 0.15) is 0 Å². The molecule has 0 heterocycles. The number of hydrogen-bond acceptors (Lipinski definition) is 2. The number of hydrogen-bond donors (Lipinski definition) is 2. The van der Waals surface area contributed by atoms with E-state index in [0.29, 0.717) is 12.5 Å². The monoisotopic (exact) mass is 142 g/mol. The maximum Gasteiger partial charge on any atom is 0.0267 e. The molecule has 0 aromatic carbocycles. The second-order valence-corrected chi connectivity index (χ2v) is 2.24. The molecule has 0 aromatic rings. The molecular formula is C8H18N2. The van der Waals surface area contributed by atoms with E-state index in [1.807, 2.05) is 19.9 Å². The van der Waals surface area contributed by atoms with Gasteiger partial charge in [0.15, 0.2) is 0 Å². The first kappa shape index (κ1) is 9.66. The van der Waals surface area contributed by atoms with Gasteiger partial charge < -0.3 is 11.5 Å². The van der Waals surface area contributed by atoms with E-state index in [1.165, 1.54) is 0 Å². The summed E-state index contributed by atoms with van der Waals surface area (Å²) >= 11 is 0. The fourth-order valence-electron chi connectivity index (χ4n) is 0.978. The van der Waals surface area contributed by atoms with E-state index < -0.39 is 0 Å². The summed E-state index contributed by atoms with van der Waals surface area (Å²) in [5.41, 5.74) is 11.0. The maximum absolute atomic E-state index is 5.62. The minimum atomic E-state index is 0.222. The molecule has 2 heteroatoms. The van der Waals surface area contributed by atoms with Crippen LogP contribution in [0.5, 0.6) is 0 Å². The first-order valence-corrected chi connectivity index (χ1v) is 3.97. The molecule has 2 nitrogen and oxygen atoms in total. The van der Waals surface area contributed by atoms with Crippen LogP contribution in [0.25, 0.3) is 0 Å². The molecule has 0 spiro atoms. The van der Waals surface area contributed by atoms with Crippen LogP contribution in [0.4, 0.5) is 0 Å². The van der Waals surface area contributed by atoms with Crippen LogP contribution in [0.1, 0.15) is 20.3 Å². The molecule has 0 saturated carbocycles. The summed E-state index contributed by atoms with van der Waals surface area (Å²) in [7, 11) is 0. The zero-order chi connectivity index (χ0) is 7.98. The summed E-state index contributed by atoms with van der Waals surface area (Å²) in [6.07, 6.45) is 5.19. The predicted molar refractivity (Wildman–Crippen MR) is 45.6 cm³/mol. The van der Waals surface area contributed by atoms with Gasteiger partial charge in [-0.1, -0.05) is 26.0 Å². The Hall–Kier alpha value is -0.340. The summed E-state index contributed by atoms with van der Waals surface area (Å²) in [4.78, 5) is 0. The van der Waals surface area contributed by atoms with Crippen molar-refractivity contribution in [3.8, 4) is 0 Å². The minimum Gasteiger partial charge on any atom is -0.330 e. The van der Waals surface area contributed by atoms with Gasteiger partial charge in [-0.05, 0) is 18.9 Å². The molecule has 0 fully saturated rings. The lowest BCUT2D eigenvalue weighted by Gasteiger charge is -2.10. The molecule has 60 valence electrons. The van der Waals surface area contributed by atoms with Gasteiger partial charge in [0, 0.05) is 6.04 Å². The highest BCUT2D eigenvalue weighted by atomic mass is 14.7. The molecule has 1 rings (SSSR count). The van der Waals surface area contributed by atoms with E-state index in [4.69, 9.17) is 11.5 Å². The molecule has 10 heavy (non-hydrogen) atoms. The maximum atomic E-state index is 5.62. The number of nitrogens with two attached hydrogens (primary N) is 2. The van der Waals surface area contributed by atoms with Crippen molar-refractivity contribution in [2.75, 3.05) is 6.54 Å². The Bertz CT molecular complexity index is 99.4. The first-order chi connectivity index (χ1) is 4.84. The van der Waals surface area contributed by atoms with Gasteiger partial charge in [-0.15, -0.1) is 0 Å². The Morgan fingerprint density at radius 1 is 1.50 bits per heavy atom. The minimum absolute atomic E-state index is 0.222. The third-order valence-corrected chi connectivity index (χ3v) is 1.64. The Morgan fingerprint density at radius 2 is 2.10 bits per heavy atom. The van der Waals surface area contributed by atoms with Crippen LogP contribution in [-0.4, -0.2) is 12.6 Å². The fraction of sp³-hybridized carbons (Fsp3) is 0.750. The highest BCUT2D eigenvalue weighted by Gasteiger charge is 2.15. The van der Waals surface area contributed by atoms with E-state index in [-0.39, 0.29) is 6.04 Å². The number of rotatable bonds is 1. The third-order valence-electron chi connectivity index (χ3n) is 1.64. The van der Waals surface area contributed by atoms with E-state index in [2.05, 4.69) is 6.08 Å². The van der Waals surface area contributed by atoms with Crippen LogP contribution in [-0.2, 0) is 0 Å². The zero-order valence-electron chi connectivity index (χ0n) is 6.88. The average Bonchev–Trinajstić information content (AvgIpc) is 2.39. The summed E-state index contributed by atoms with van der Waals surface area (Å²) < 4.78 is 0. The summed E-state index contributed by atoms with van der Waals surface area (Å²) in [6.45, 7) is 4.72. The zero-order valence-corrected chi connectivity index (χ0v) is 6.88.